The molecule has 0 unspecified atom stereocenters. The predicted octanol–water partition coefficient (Wildman–Crippen LogP) is 1.27. The molecular formula is C14H17NO5. The van der Waals surface area contributed by atoms with Crippen LogP contribution >= 0.6 is 0 Å². The van der Waals surface area contributed by atoms with Crippen molar-refractivity contribution in [3.05, 3.63) is 22.5 Å². The highest BCUT2D eigenvalue weighted by molar-refractivity contribution is 6.12. The van der Waals surface area contributed by atoms with E-state index in [2.05, 4.69) is 9.72 Å². The summed E-state index contributed by atoms with van der Waals surface area (Å²) in [6.07, 6.45) is 0.513. The normalized spacial score (nSPS) is 21.3. The Kier molecular flexibility index (Phi) is 3.65. The second-order valence-electron chi connectivity index (χ2n) is 5.02. The third kappa shape index (κ3) is 2.01. The smallest absolute Gasteiger partial charge is 0.354 e. The summed E-state index contributed by atoms with van der Waals surface area (Å²) >= 11 is 0. The van der Waals surface area contributed by atoms with Crippen molar-refractivity contribution in [2.24, 2.45) is 11.8 Å². The molecule has 2 rings (SSSR count). The number of rotatable bonds is 2. The van der Waals surface area contributed by atoms with Crippen LogP contribution in [0.3, 0.4) is 0 Å². The molecule has 0 bridgehead atoms. The van der Waals surface area contributed by atoms with E-state index < -0.39 is 17.9 Å². The summed E-state index contributed by atoms with van der Waals surface area (Å²) in [6, 6.07) is 0. The Bertz CT molecular complexity index is 587. The Labute approximate surface area is 116 Å². The zero-order chi connectivity index (χ0) is 15.0. The van der Waals surface area contributed by atoms with E-state index in [9.17, 15) is 14.4 Å². The second-order valence-corrected chi connectivity index (χ2v) is 5.02. The summed E-state index contributed by atoms with van der Waals surface area (Å²) in [6.45, 7) is 3.49. The molecule has 6 heteroatoms. The minimum atomic E-state index is -0.813. The molecule has 0 radical (unpaired) electrons. The molecule has 0 fully saturated rings. The molecule has 20 heavy (non-hydrogen) atoms. The molecule has 6 nitrogen and oxygen atoms in total. The van der Waals surface area contributed by atoms with E-state index in [-0.39, 0.29) is 17.4 Å². The maximum absolute atomic E-state index is 12.5. The van der Waals surface area contributed by atoms with Crippen LogP contribution < -0.4 is 0 Å². The fourth-order valence-corrected chi connectivity index (χ4v) is 2.77. The largest absolute Gasteiger partial charge is 0.468 e. The molecule has 1 aromatic heterocycles. The van der Waals surface area contributed by atoms with Gasteiger partial charge in [0, 0.05) is 11.3 Å². The van der Waals surface area contributed by atoms with Gasteiger partial charge in [0.2, 0.25) is 0 Å². The summed E-state index contributed by atoms with van der Waals surface area (Å²) < 4.78 is 9.38. The highest BCUT2D eigenvalue weighted by Gasteiger charge is 2.41. The van der Waals surface area contributed by atoms with Gasteiger partial charge in [0.15, 0.2) is 5.78 Å². The van der Waals surface area contributed by atoms with Crippen molar-refractivity contribution in [2.45, 2.75) is 20.3 Å². The lowest BCUT2D eigenvalue weighted by Crippen LogP contribution is -2.36. The number of carbonyl (C=O) groups excluding carboxylic acids is 3. The van der Waals surface area contributed by atoms with E-state index >= 15 is 0 Å². The van der Waals surface area contributed by atoms with Gasteiger partial charge < -0.3 is 14.5 Å². The number of Topliss-reactive ketones (excluding diaryl/α,β-unsaturated/α-hetero) is 1. The van der Waals surface area contributed by atoms with Crippen molar-refractivity contribution in [1.29, 1.82) is 0 Å². The number of aromatic amines is 1. The number of carbonyl (C=O) groups is 3. The summed E-state index contributed by atoms with van der Waals surface area (Å²) in [5.41, 5.74) is 1.89. The SMILES string of the molecule is COC(=O)c1[nH]c2c(c1C)C(=O)[C@H](C(=O)OC)[C@@H](C)C2. The van der Waals surface area contributed by atoms with Crippen LogP contribution in [0.25, 0.3) is 0 Å². The number of hydrogen-bond acceptors (Lipinski definition) is 5. The Morgan fingerprint density at radius 1 is 1.25 bits per heavy atom. The third-order valence-corrected chi connectivity index (χ3v) is 3.80. The van der Waals surface area contributed by atoms with E-state index in [4.69, 9.17) is 4.74 Å². The number of aromatic nitrogens is 1. The van der Waals surface area contributed by atoms with Gasteiger partial charge in [-0.1, -0.05) is 6.92 Å². The van der Waals surface area contributed by atoms with Gasteiger partial charge in [-0.25, -0.2) is 4.79 Å². The number of fused-ring (bicyclic) bond motifs is 1. The average Bonchev–Trinajstić information content (AvgIpc) is 2.74. The van der Waals surface area contributed by atoms with Crippen LogP contribution in [0.5, 0.6) is 0 Å². The van der Waals surface area contributed by atoms with Crippen molar-refractivity contribution in [3.63, 3.8) is 0 Å². The van der Waals surface area contributed by atoms with Gasteiger partial charge in [-0.05, 0) is 24.8 Å². The molecule has 0 aromatic carbocycles. The van der Waals surface area contributed by atoms with Gasteiger partial charge in [-0.15, -0.1) is 0 Å². The lowest BCUT2D eigenvalue weighted by atomic mass is 9.77. The van der Waals surface area contributed by atoms with E-state index in [1.165, 1.54) is 14.2 Å². The lowest BCUT2D eigenvalue weighted by Gasteiger charge is -2.25. The number of H-pyrrole nitrogens is 1. The lowest BCUT2D eigenvalue weighted by molar-refractivity contribution is -0.145. The minimum Gasteiger partial charge on any atom is -0.468 e. The van der Waals surface area contributed by atoms with Crippen LogP contribution in [0.1, 0.15) is 39.0 Å². The maximum Gasteiger partial charge on any atom is 0.354 e. The van der Waals surface area contributed by atoms with Gasteiger partial charge in [0.05, 0.1) is 14.2 Å². The first kappa shape index (κ1) is 14.3. The molecule has 108 valence electrons. The standard InChI is InChI=1S/C14H17NO5/c1-6-5-8-10(12(16)9(6)13(17)19-3)7(2)11(15-8)14(18)20-4/h6,9,15H,5H2,1-4H3/t6-,9+/m0/s1. The molecular weight excluding hydrogens is 262 g/mol. The van der Waals surface area contributed by atoms with E-state index in [0.29, 0.717) is 23.2 Å². The second kappa shape index (κ2) is 5.11. The van der Waals surface area contributed by atoms with Gasteiger partial charge >= 0.3 is 11.9 Å². The number of methoxy groups -OCH3 is 2. The predicted molar refractivity (Wildman–Crippen MR) is 69.6 cm³/mol. The fraction of sp³-hybridized carbons (Fsp3) is 0.500. The molecule has 2 atom stereocenters. The molecule has 0 aliphatic heterocycles. The van der Waals surface area contributed by atoms with Crippen LogP contribution in [0.4, 0.5) is 0 Å². The molecule has 1 heterocycles. The van der Waals surface area contributed by atoms with Crippen molar-refractivity contribution in [3.8, 4) is 0 Å². The van der Waals surface area contributed by atoms with Crippen LogP contribution in [0.15, 0.2) is 0 Å². The first-order chi connectivity index (χ1) is 9.42. The number of ketones is 1. The molecule has 0 saturated carbocycles. The maximum atomic E-state index is 12.5. The summed E-state index contributed by atoms with van der Waals surface area (Å²) in [5, 5.41) is 0. The van der Waals surface area contributed by atoms with Crippen LogP contribution in [-0.4, -0.2) is 36.9 Å². The minimum absolute atomic E-state index is 0.175. The van der Waals surface area contributed by atoms with Gasteiger partial charge in [0.1, 0.15) is 11.6 Å². The summed E-state index contributed by atoms with van der Waals surface area (Å²) in [5.74, 6) is -2.34. The molecule has 0 spiro atoms. The number of esters is 2. The fourth-order valence-electron chi connectivity index (χ4n) is 2.77. The van der Waals surface area contributed by atoms with Crippen molar-refractivity contribution < 1.29 is 23.9 Å². The van der Waals surface area contributed by atoms with E-state index in [1.54, 1.807) is 6.92 Å². The third-order valence-electron chi connectivity index (χ3n) is 3.80. The molecule has 0 amide bonds. The Balaban J connectivity index is 2.51. The average molecular weight is 279 g/mol. The Morgan fingerprint density at radius 3 is 2.45 bits per heavy atom. The van der Waals surface area contributed by atoms with Gasteiger partial charge in [0.25, 0.3) is 0 Å². The number of nitrogens with one attached hydrogen (secondary N) is 1. The van der Waals surface area contributed by atoms with E-state index in [0.717, 1.165) is 0 Å². The topological polar surface area (TPSA) is 85.5 Å². The molecule has 1 N–H and O–H groups in total. The van der Waals surface area contributed by atoms with Gasteiger partial charge in [-0.3, -0.25) is 9.59 Å². The van der Waals surface area contributed by atoms with Crippen LogP contribution in [0.2, 0.25) is 0 Å². The highest BCUT2D eigenvalue weighted by Crippen LogP contribution is 2.34. The Hall–Kier alpha value is -2.11. The first-order valence-electron chi connectivity index (χ1n) is 6.34. The molecule has 1 aliphatic rings. The van der Waals surface area contributed by atoms with Crippen LogP contribution in [0, 0.1) is 18.8 Å². The van der Waals surface area contributed by atoms with Crippen LogP contribution in [-0.2, 0) is 20.7 Å². The summed E-state index contributed by atoms with van der Waals surface area (Å²) in [7, 11) is 2.55. The zero-order valence-corrected chi connectivity index (χ0v) is 11.9. The Morgan fingerprint density at radius 2 is 1.90 bits per heavy atom. The van der Waals surface area contributed by atoms with E-state index in [1.807, 2.05) is 6.92 Å². The number of hydrogen-bond donors (Lipinski definition) is 1. The monoisotopic (exact) mass is 279 g/mol. The highest BCUT2D eigenvalue weighted by atomic mass is 16.5. The number of ether oxygens (including phenoxy) is 2. The van der Waals surface area contributed by atoms with Crippen molar-refractivity contribution in [1.82, 2.24) is 4.98 Å². The van der Waals surface area contributed by atoms with Gasteiger partial charge in [-0.2, -0.15) is 0 Å². The zero-order valence-electron chi connectivity index (χ0n) is 11.9. The first-order valence-corrected chi connectivity index (χ1v) is 6.34. The molecule has 1 aromatic rings. The molecule has 0 saturated heterocycles. The summed E-state index contributed by atoms with van der Waals surface area (Å²) in [4.78, 5) is 38.9. The quantitative estimate of drug-likeness (QED) is 0.651. The van der Waals surface area contributed by atoms with Crippen molar-refractivity contribution >= 4 is 17.7 Å². The molecule has 1 aliphatic carbocycles. The van der Waals surface area contributed by atoms with Crippen molar-refractivity contribution in [2.75, 3.05) is 14.2 Å².